The van der Waals surface area contributed by atoms with E-state index in [4.69, 9.17) is 0 Å². The van der Waals surface area contributed by atoms with E-state index >= 15 is 0 Å². The molecular weight excluding hydrogens is 370 g/mol. The van der Waals surface area contributed by atoms with Gasteiger partial charge in [-0.25, -0.2) is 9.59 Å². The highest BCUT2D eigenvalue weighted by Crippen LogP contribution is 2.20. The minimum Gasteiger partial charge on any atom is -0.465 e. The molecule has 3 amide bonds. The smallest absolute Gasteiger partial charge is 0.339 e. The molecule has 0 radical (unpaired) electrons. The van der Waals surface area contributed by atoms with Crippen molar-refractivity contribution in [3.63, 3.8) is 0 Å². The quantitative estimate of drug-likeness (QED) is 0.563. The van der Waals surface area contributed by atoms with Crippen LogP contribution < -0.4 is 5.32 Å². The van der Waals surface area contributed by atoms with E-state index in [0.29, 0.717) is 13.1 Å². The zero-order valence-corrected chi connectivity index (χ0v) is 15.8. The summed E-state index contributed by atoms with van der Waals surface area (Å²) in [6.07, 6.45) is 0. The van der Waals surface area contributed by atoms with Crippen molar-refractivity contribution in [1.82, 2.24) is 9.80 Å². The highest BCUT2D eigenvalue weighted by Gasteiger charge is 2.28. The lowest BCUT2D eigenvalue weighted by molar-refractivity contribution is -0.145. The van der Waals surface area contributed by atoms with Crippen LogP contribution in [0.25, 0.3) is 0 Å². The van der Waals surface area contributed by atoms with Crippen LogP contribution in [0.5, 0.6) is 0 Å². The first kappa shape index (κ1) is 20.9. The number of benzene rings is 1. The van der Waals surface area contributed by atoms with E-state index in [1.165, 1.54) is 44.2 Å². The second-order valence-electron chi connectivity index (χ2n) is 6.00. The second-order valence-corrected chi connectivity index (χ2v) is 6.00. The normalized spacial score (nSPS) is 13.5. The number of methoxy groups -OCH3 is 2. The number of nitrogens with zero attached hydrogens (tertiary/aromatic N) is 2. The molecule has 0 saturated carbocycles. The van der Waals surface area contributed by atoms with Gasteiger partial charge in [-0.2, -0.15) is 0 Å². The van der Waals surface area contributed by atoms with Gasteiger partial charge >= 0.3 is 23.8 Å². The second kappa shape index (κ2) is 8.98. The highest BCUT2D eigenvalue weighted by atomic mass is 16.5. The molecule has 0 bridgehead atoms. The lowest BCUT2D eigenvalue weighted by Gasteiger charge is -2.33. The lowest BCUT2D eigenvalue weighted by atomic mass is 10.1. The van der Waals surface area contributed by atoms with Gasteiger partial charge in [0.1, 0.15) is 0 Å². The maximum atomic E-state index is 12.4. The summed E-state index contributed by atoms with van der Waals surface area (Å²) in [4.78, 5) is 62.7. The summed E-state index contributed by atoms with van der Waals surface area (Å²) < 4.78 is 9.28. The first-order valence-corrected chi connectivity index (χ1v) is 8.45. The van der Waals surface area contributed by atoms with Crippen molar-refractivity contribution in [2.75, 3.05) is 45.7 Å². The van der Waals surface area contributed by atoms with Crippen LogP contribution in [0.1, 0.15) is 27.6 Å². The molecule has 10 nitrogen and oxygen atoms in total. The molecule has 0 aromatic heterocycles. The van der Waals surface area contributed by atoms with Gasteiger partial charge in [-0.3, -0.25) is 14.4 Å². The van der Waals surface area contributed by atoms with Gasteiger partial charge in [-0.15, -0.1) is 0 Å². The Bertz CT molecular complexity index is 813. The SMILES string of the molecule is COC(=O)c1ccc(C(=O)OC)c(NC(=O)C(=O)N2CCN(C(C)=O)CC2)c1. The molecule has 1 saturated heterocycles. The molecule has 0 spiro atoms. The average Bonchev–Trinajstić information content (AvgIpc) is 2.71. The molecule has 1 aromatic carbocycles. The van der Waals surface area contributed by atoms with Crippen molar-refractivity contribution < 1.29 is 33.4 Å². The Labute approximate surface area is 161 Å². The molecule has 1 aliphatic heterocycles. The van der Waals surface area contributed by atoms with Gasteiger partial charge in [0.25, 0.3) is 0 Å². The average molecular weight is 391 g/mol. The molecule has 10 heteroatoms. The number of rotatable bonds is 3. The van der Waals surface area contributed by atoms with Crippen LogP contribution in [-0.2, 0) is 23.9 Å². The fourth-order valence-electron chi connectivity index (χ4n) is 2.72. The van der Waals surface area contributed by atoms with Crippen molar-refractivity contribution in [3.05, 3.63) is 29.3 Å². The van der Waals surface area contributed by atoms with Gasteiger partial charge in [0.2, 0.25) is 5.91 Å². The van der Waals surface area contributed by atoms with E-state index in [1.54, 1.807) is 4.90 Å². The maximum Gasteiger partial charge on any atom is 0.339 e. The fraction of sp³-hybridized carbons (Fsp3) is 0.389. The van der Waals surface area contributed by atoms with E-state index in [-0.39, 0.29) is 35.8 Å². The standard InChI is InChI=1S/C18H21N3O7/c1-11(22)20-6-8-21(9-7-20)16(24)15(23)19-14-10-12(17(25)27-2)4-5-13(14)18(26)28-3/h4-5,10H,6-9H2,1-3H3,(H,19,23). The molecule has 1 aromatic rings. The Hall–Kier alpha value is -3.43. The number of piperazine rings is 1. The molecule has 150 valence electrons. The van der Waals surface area contributed by atoms with E-state index in [2.05, 4.69) is 14.8 Å². The van der Waals surface area contributed by atoms with E-state index < -0.39 is 23.8 Å². The van der Waals surface area contributed by atoms with Gasteiger partial charge in [0.15, 0.2) is 0 Å². The molecule has 0 unspecified atom stereocenters. The van der Waals surface area contributed by atoms with Crippen LogP contribution in [0.4, 0.5) is 5.69 Å². The summed E-state index contributed by atoms with van der Waals surface area (Å²) in [5.74, 6) is -3.28. The third-order valence-corrected chi connectivity index (χ3v) is 4.30. The Morgan fingerprint density at radius 2 is 1.46 bits per heavy atom. The van der Waals surface area contributed by atoms with E-state index in [9.17, 15) is 24.0 Å². The number of hydrogen-bond acceptors (Lipinski definition) is 7. The predicted octanol–water partition coefficient (Wildman–Crippen LogP) is -0.111. The van der Waals surface area contributed by atoms with Crippen LogP contribution in [0.15, 0.2) is 18.2 Å². The van der Waals surface area contributed by atoms with Gasteiger partial charge in [-0.05, 0) is 18.2 Å². The van der Waals surface area contributed by atoms with Crippen molar-refractivity contribution in [2.24, 2.45) is 0 Å². The highest BCUT2D eigenvalue weighted by molar-refractivity contribution is 6.40. The summed E-state index contributed by atoms with van der Waals surface area (Å²) in [5, 5.41) is 2.36. The molecule has 2 rings (SSSR count). The summed E-state index contributed by atoms with van der Waals surface area (Å²) in [6.45, 7) is 2.54. The van der Waals surface area contributed by atoms with E-state index in [0.717, 1.165) is 0 Å². The molecular formula is C18H21N3O7. The van der Waals surface area contributed by atoms with Crippen molar-refractivity contribution in [3.8, 4) is 0 Å². The number of anilines is 1. The molecule has 1 aliphatic rings. The number of esters is 2. The molecule has 28 heavy (non-hydrogen) atoms. The number of nitrogens with one attached hydrogen (secondary N) is 1. The monoisotopic (exact) mass is 391 g/mol. The van der Waals surface area contributed by atoms with Crippen LogP contribution >= 0.6 is 0 Å². The third kappa shape index (κ3) is 4.64. The Balaban J connectivity index is 2.17. The number of carbonyl (C=O) groups is 5. The Kier molecular flexibility index (Phi) is 6.69. The van der Waals surface area contributed by atoms with Crippen molar-refractivity contribution >= 4 is 35.3 Å². The predicted molar refractivity (Wildman–Crippen MR) is 96.6 cm³/mol. The minimum atomic E-state index is -0.969. The molecule has 1 N–H and O–H groups in total. The summed E-state index contributed by atoms with van der Waals surface area (Å²) in [7, 11) is 2.36. The topological polar surface area (TPSA) is 122 Å². The van der Waals surface area contributed by atoms with Crippen molar-refractivity contribution in [2.45, 2.75) is 6.92 Å². The summed E-state index contributed by atoms with van der Waals surface area (Å²) in [5.41, 5.74) is 0.0288. The van der Waals surface area contributed by atoms with Gasteiger partial charge in [0, 0.05) is 33.1 Å². The van der Waals surface area contributed by atoms with Gasteiger partial charge in [0.05, 0.1) is 31.0 Å². The third-order valence-electron chi connectivity index (χ3n) is 4.30. The maximum absolute atomic E-state index is 12.4. The first-order valence-electron chi connectivity index (χ1n) is 8.45. The molecule has 1 fully saturated rings. The Morgan fingerprint density at radius 1 is 0.893 bits per heavy atom. The first-order chi connectivity index (χ1) is 13.3. The molecule has 1 heterocycles. The zero-order valence-electron chi connectivity index (χ0n) is 15.8. The summed E-state index contributed by atoms with van der Waals surface area (Å²) in [6, 6.07) is 3.87. The number of hydrogen-bond donors (Lipinski definition) is 1. The number of carbonyl (C=O) groups excluding carboxylic acids is 5. The summed E-state index contributed by atoms with van der Waals surface area (Å²) >= 11 is 0. The van der Waals surface area contributed by atoms with Crippen LogP contribution in [-0.4, -0.2) is 79.9 Å². The zero-order chi connectivity index (χ0) is 20.8. The van der Waals surface area contributed by atoms with E-state index in [1.807, 2.05) is 0 Å². The van der Waals surface area contributed by atoms with Gasteiger partial charge in [-0.1, -0.05) is 0 Å². The van der Waals surface area contributed by atoms with Crippen molar-refractivity contribution in [1.29, 1.82) is 0 Å². The van der Waals surface area contributed by atoms with Crippen LogP contribution in [0.3, 0.4) is 0 Å². The Morgan fingerprint density at radius 3 is 2.00 bits per heavy atom. The van der Waals surface area contributed by atoms with Crippen LogP contribution in [0.2, 0.25) is 0 Å². The molecule has 0 aliphatic carbocycles. The van der Waals surface area contributed by atoms with Crippen LogP contribution in [0, 0.1) is 0 Å². The number of ether oxygens (including phenoxy) is 2. The van der Waals surface area contributed by atoms with Gasteiger partial charge < -0.3 is 24.6 Å². The fourth-order valence-corrected chi connectivity index (χ4v) is 2.72. The largest absolute Gasteiger partial charge is 0.465 e. The molecule has 0 atom stereocenters. The lowest BCUT2D eigenvalue weighted by Crippen LogP contribution is -2.52. The number of amides is 3. The minimum absolute atomic E-state index is 0.0160.